The van der Waals surface area contributed by atoms with Gasteiger partial charge in [-0.2, -0.15) is 0 Å². The third-order valence-corrected chi connectivity index (χ3v) is 4.32. The first-order valence-corrected chi connectivity index (χ1v) is 8.31. The number of aromatic nitrogens is 2. The lowest BCUT2D eigenvalue weighted by Crippen LogP contribution is -2.22. The van der Waals surface area contributed by atoms with Gasteiger partial charge in [0.25, 0.3) is 5.91 Å². The van der Waals surface area contributed by atoms with E-state index in [0.29, 0.717) is 5.56 Å². The summed E-state index contributed by atoms with van der Waals surface area (Å²) in [6, 6.07) is 11.2. The molecule has 1 aromatic heterocycles. The molecule has 2 aromatic carbocycles. The van der Waals surface area contributed by atoms with Crippen LogP contribution in [-0.4, -0.2) is 24.3 Å². The molecule has 3 rings (SSSR count). The number of hydrogen-bond donors (Lipinski definition) is 3. The van der Waals surface area contributed by atoms with Crippen molar-refractivity contribution in [2.45, 2.75) is 11.4 Å². The smallest absolute Gasteiger partial charge is 0.251 e. The first-order chi connectivity index (χ1) is 10.9. The van der Waals surface area contributed by atoms with Gasteiger partial charge in [-0.3, -0.25) is 4.79 Å². The molecule has 0 atom stereocenters. The summed E-state index contributed by atoms with van der Waals surface area (Å²) in [5.74, 6) is -0.225. The Bertz CT molecular complexity index is 962. The summed E-state index contributed by atoms with van der Waals surface area (Å²) in [4.78, 5) is 19.2. The summed E-state index contributed by atoms with van der Waals surface area (Å²) in [6.45, 7) is 0.282. The number of imidazole rings is 1. The summed E-state index contributed by atoms with van der Waals surface area (Å²) >= 11 is 0. The maximum absolute atomic E-state index is 12.1. The molecule has 0 radical (unpaired) electrons. The molecule has 0 spiro atoms. The lowest BCUT2D eigenvalue weighted by Gasteiger charge is -2.06. The number of fused-ring (bicyclic) bond motifs is 1. The number of carbonyl (C=O) groups is 1. The molecule has 0 bridgehead atoms. The van der Waals surface area contributed by atoms with Gasteiger partial charge in [0, 0.05) is 12.1 Å². The monoisotopic (exact) mass is 330 g/mol. The van der Waals surface area contributed by atoms with Gasteiger partial charge in [-0.25, -0.2) is 18.5 Å². The van der Waals surface area contributed by atoms with Crippen LogP contribution in [0, 0.1) is 0 Å². The topological polar surface area (TPSA) is 118 Å². The number of carbonyl (C=O) groups excluding carboxylic acids is 1. The molecule has 1 amide bonds. The highest BCUT2D eigenvalue weighted by Gasteiger charge is 2.09. The summed E-state index contributed by atoms with van der Waals surface area (Å²) < 4.78 is 22.4. The quantitative estimate of drug-likeness (QED) is 0.664. The van der Waals surface area contributed by atoms with Gasteiger partial charge in [0.05, 0.1) is 22.3 Å². The molecule has 0 fully saturated rings. The molecule has 23 heavy (non-hydrogen) atoms. The van der Waals surface area contributed by atoms with Crippen LogP contribution in [0.1, 0.15) is 15.9 Å². The maximum atomic E-state index is 12.1. The van der Waals surface area contributed by atoms with E-state index in [2.05, 4.69) is 15.3 Å². The average molecular weight is 330 g/mol. The van der Waals surface area contributed by atoms with Gasteiger partial charge in [0.2, 0.25) is 10.0 Å². The van der Waals surface area contributed by atoms with E-state index in [1.54, 1.807) is 36.7 Å². The predicted octanol–water partition coefficient (Wildman–Crippen LogP) is 1.14. The van der Waals surface area contributed by atoms with Crippen LogP contribution in [0.15, 0.2) is 53.7 Å². The lowest BCUT2D eigenvalue weighted by molar-refractivity contribution is 0.0951. The molecule has 1 heterocycles. The average Bonchev–Trinajstić information content (AvgIpc) is 2.99. The predicted molar refractivity (Wildman–Crippen MR) is 85.1 cm³/mol. The number of hydrogen-bond acceptors (Lipinski definition) is 4. The molecule has 118 valence electrons. The van der Waals surface area contributed by atoms with E-state index < -0.39 is 10.0 Å². The molecule has 7 nitrogen and oxygen atoms in total. The van der Waals surface area contributed by atoms with E-state index in [-0.39, 0.29) is 17.3 Å². The van der Waals surface area contributed by atoms with Crippen molar-refractivity contribution in [2.24, 2.45) is 5.14 Å². The third-order valence-electron chi connectivity index (χ3n) is 3.39. The highest BCUT2D eigenvalue weighted by Crippen LogP contribution is 2.12. The Morgan fingerprint density at radius 2 is 1.91 bits per heavy atom. The number of sulfonamides is 1. The number of rotatable bonds is 4. The minimum atomic E-state index is -3.71. The second kappa shape index (κ2) is 5.82. The van der Waals surface area contributed by atoms with Crippen molar-refractivity contribution in [1.29, 1.82) is 0 Å². The number of nitrogens with two attached hydrogens (primary N) is 1. The number of nitrogens with zero attached hydrogens (tertiary/aromatic N) is 1. The van der Waals surface area contributed by atoms with Gasteiger partial charge in [-0.1, -0.05) is 12.1 Å². The highest BCUT2D eigenvalue weighted by atomic mass is 32.2. The highest BCUT2D eigenvalue weighted by molar-refractivity contribution is 7.89. The minimum absolute atomic E-state index is 0.0391. The fourth-order valence-corrected chi connectivity index (χ4v) is 2.67. The molecule has 0 unspecified atom stereocenters. The van der Waals surface area contributed by atoms with Crippen LogP contribution in [0.25, 0.3) is 11.0 Å². The first kappa shape index (κ1) is 15.2. The van der Waals surface area contributed by atoms with Crippen molar-refractivity contribution in [3.8, 4) is 0 Å². The second-order valence-corrected chi connectivity index (χ2v) is 6.57. The summed E-state index contributed by atoms with van der Waals surface area (Å²) in [5.41, 5.74) is 2.87. The second-order valence-electron chi connectivity index (χ2n) is 5.01. The first-order valence-electron chi connectivity index (χ1n) is 6.76. The lowest BCUT2D eigenvalue weighted by atomic mass is 10.1. The third kappa shape index (κ3) is 3.38. The Morgan fingerprint density at radius 1 is 1.17 bits per heavy atom. The van der Waals surface area contributed by atoms with Crippen LogP contribution in [0.3, 0.4) is 0 Å². The van der Waals surface area contributed by atoms with Crippen molar-refractivity contribution in [1.82, 2.24) is 15.3 Å². The molecule has 4 N–H and O–H groups in total. The number of primary sulfonamides is 1. The number of nitrogens with one attached hydrogen (secondary N) is 2. The summed E-state index contributed by atoms with van der Waals surface area (Å²) in [6.07, 6.45) is 1.57. The van der Waals surface area contributed by atoms with Crippen LogP contribution in [0.5, 0.6) is 0 Å². The molecule has 0 aliphatic carbocycles. The van der Waals surface area contributed by atoms with Crippen molar-refractivity contribution < 1.29 is 13.2 Å². The van der Waals surface area contributed by atoms with E-state index in [4.69, 9.17) is 5.14 Å². The molecule has 0 saturated carbocycles. The molecule has 0 saturated heterocycles. The number of amides is 1. The Kier molecular flexibility index (Phi) is 3.85. The maximum Gasteiger partial charge on any atom is 0.251 e. The molecule has 0 aliphatic heterocycles. The Labute approximate surface area is 132 Å². The largest absolute Gasteiger partial charge is 0.348 e. The Hall–Kier alpha value is -2.71. The van der Waals surface area contributed by atoms with Crippen molar-refractivity contribution >= 4 is 27.0 Å². The normalized spacial score (nSPS) is 11.5. The van der Waals surface area contributed by atoms with E-state index in [9.17, 15) is 13.2 Å². The van der Waals surface area contributed by atoms with Gasteiger partial charge >= 0.3 is 0 Å². The van der Waals surface area contributed by atoms with Gasteiger partial charge in [-0.05, 0) is 35.9 Å². The van der Waals surface area contributed by atoms with Crippen LogP contribution in [-0.2, 0) is 16.6 Å². The molecular weight excluding hydrogens is 316 g/mol. The zero-order valence-corrected chi connectivity index (χ0v) is 12.8. The van der Waals surface area contributed by atoms with E-state index in [1.807, 2.05) is 0 Å². The minimum Gasteiger partial charge on any atom is -0.348 e. The summed E-state index contributed by atoms with van der Waals surface area (Å²) in [5, 5.41) is 7.81. The summed E-state index contributed by atoms with van der Waals surface area (Å²) in [7, 11) is -3.71. The van der Waals surface area contributed by atoms with E-state index in [1.165, 1.54) is 12.1 Å². The molecule has 8 heteroatoms. The fourth-order valence-electron chi connectivity index (χ4n) is 2.16. The van der Waals surface area contributed by atoms with Crippen LogP contribution >= 0.6 is 0 Å². The van der Waals surface area contributed by atoms with Crippen molar-refractivity contribution in [3.63, 3.8) is 0 Å². The number of benzene rings is 2. The van der Waals surface area contributed by atoms with E-state index >= 15 is 0 Å². The van der Waals surface area contributed by atoms with Gasteiger partial charge in [0.1, 0.15) is 0 Å². The van der Waals surface area contributed by atoms with Crippen molar-refractivity contribution in [3.05, 3.63) is 59.9 Å². The standard InChI is InChI=1S/C15H14N4O3S/c16-23(21,22)12-4-1-10(2-5-12)8-17-15(20)11-3-6-13-14(7-11)19-9-18-13/h1-7,9H,8H2,(H,17,20)(H,18,19)(H2,16,21,22). The SMILES string of the molecule is NS(=O)(=O)c1ccc(CNC(=O)c2ccc3nc[nH]c3c2)cc1. The fraction of sp³-hybridized carbons (Fsp3) is 0.0667. The zero-order chi connectivity index (χ0) is 16.4. The zero-order valence-electron chi connectivity index (χ0n) is 12.0. The Morgan fingerprint density at radius 3 is 2.61 bits per heavy atom. The number of H-pyrrole nitrogens is 1. The van der Waals surface area contributed by atoms with Crippen LogP contribution in [0.4, 0.5) is 0 Å². The molecule has 0 aliphatic rings. The Balaban J connectivity index is 1.68. The molecule has 3 aromatic rings. The van der Waals surface area contributed by atoms with Crippen LogP contribution < -0.4 is 10.5 Å². The van der Waals surface area contributed by atoms with E-state index in [0.717, 1.165) is 16.6 Å². The number of aromatic amines is 1. The van der Waals surface area contributed by atoms with Gasteiger partial charge in [0.15, 0.2) is 0 Å². The van der Waals surface area contributed by atoms with Gasteiger partial charge in [-0.15, -0.1) is 0 Å². The molecular formula is C15H14N4O3S. The van der Waals surface area contributed by atoms with Gasteiger partial charge < -0.3 is 10.3 Å². The van der Waals surface area contributed by atoms with Crippen LogP contribution in [0.2, 0.25) is 0 Å². The van der Waals surface area contributed by atoms with Crippen molar-refractivity contribution in [2.75, 3.05) is 0 Å².